The predicted octanol–water partition coefficient (Wildman–Crippen LogP) is 5.08. The molecule has 0 aliphatic carbocycles. The lowest BCUT2D eigenvalue weighted by molar-refractivity contribution is -0.115. The zero-order valence-corrected chi connectivity index (χ0v) is 13.7. The maximum absolute atomic E-state index is 11.9. The number of carbonyl (C=O) groups excluding carboxylic acids is 1. The Hall–Kier alpha value is -1.45. The van der Waals surface area contributed by atoms with E-state index in [1.54, 1.807) is 17.8 Å². The first-order valence-corrected chi connectivity index (χ1v) is 8.16. The minimum Gasteiger partial charge on any atom is -0.326 e. The molecule has 0 spiro atoms. The van der Waals surface area contributed by atoms with E-state index in [1.165, 1.54) is 10.5 Å². The average Bonchev–Trinajstić information content (AvgIpc) is 2.44. The molecular formula is C17H18ClNOS. The summed E-state index contributed by atoms with van der Waals surface area (Å²) in [6, 6.07) is 13.8. The largest absolute Gasteiger partial charge is 0.326 e. The van der Waals surface area contributed by atoms with Crippen LogP contribution in [0.3, 0.4) is 0 Å². The lowest BCUT2D eigenvalue weighted by Gasteiger charge is -2.08. The fourth-order valence-corrected chi connectivity index (χ4v) is 2.95. The molecule has 2 aromatic carbocycles. The van der Waals surface area contributed by atoms with Crippen molar-refractivity contribution in [3.05, 3.63) is 58.6 Å². The van der Waals surface area contributed by atoms with Gasteiger partial charge in [0.15, 0.2) is 0 Å². The Morgan fingerprint density at radius 3 is 2.52 bits per heavy atom. The highest BCUT2D eigenvalue weighted by Gasteiger charge is 2.05. The monoisotopic (exact) mass is 319 g/mol. The highest BCUT2D eigenvalue weighted by atomic mass is 35.5. The van der Waals surface area contributed by atoms with Crippen molar-refractivity contribution in [1.29, 1.82) is 0 Å². The zero-order chi connectivity index (χ0) is 15.2. The maximum Gasteiger partial charge on any atom is 0.225 e. The Labute approximate surface area is 134 Å². The molecule has 0 atom stereocenters. The molecule has 1 N–H and O–H groups in total. The van der Waals surface area contributed by atoms with Crippen LogP contribution in [-0.2, 0) is 4.79 Å². The Kier molecular flexibility index (Phi) is 5.71. The summed E-state index contributed by atoms with van der Waals surface area (Å²) in [7, 11) is 0. The van der Waals surface area contributed by atoms with Crippen molar-refractivity contribution in [2.75, 3.05) is 11.1 Å². The molecule has 0 fully saturated rings. The molecule has 0 aliphatic heterocycles. The van der Waals surface area contributed by atoms with Gasteiger partial charge in [-0.15, -0.1) is 11.8 Å². The van der Waals surface area contributed by atoms with Crippen molar-refractivity contribution < 1.29 is 4.79 Å². The molecule has 1 amide bonds. The number of halogens is 1. The van der Waals surface area contributed by atoms with E-state index in [2.05, 4.69) is 36.5 Å². The third-order valence-corrected chi connectivity index (χ3v) is 4.33. The van der Waals surface area contributed by atoms with Crippen LogP contribution in [0.2, 0.25) is 5.02 Å². The van der Waals surface area contributed by atoms with E-state index in [9.17, 15) is 4.79 Å². The van der Waals surface area contributed by atoms with Gasteiger partial charge in [-0.2, -0.15) is 0 Å². The molecule has 0 saturated heterocycles. The van der Waals surface area contributed by atoms with Crippen LogP contribution in [-0.4, -0.2) is 11.7 Å². The van der Waals surface area contributed by atoms with Gasteiger partial charge in [0.25, 0.3) is 0 Å². The van der Waals surface area contributed by atoms with Gasteiger partial charge in [-0.1, -0.05) is 29.3 Å². The first kappa shape index (κ1) is 15.9. The van der Waals surface area contributed by atoms with E-state index in [4.69, 9.17) is 11.6 Å². The van der Waals surface area contributed by atoms with E-state index in [1.807, 2.05) is 19.1 Å². The van der Waals surface area contributed by atoms with Crippen LogP contribution in [0.25, 0.3) is 0 Å². The van der Waals surface area contributed by atoms with Gasteiger partial charge < -0.3 is 5.32 Å². The standard InChI is InChI=1S/C17H18ClNOS/c1-12-3-6-15(7-4-12)21-10-9-17(20)19-16-8-5-14(18)11-13(16)2/h3-8,11H,9-10H2,1-2H3,(H,19,20). The van der Waals surface area contributed by atoms with Gasteiger partial charge in [-0.3, -0.25) is 4.79 Å². The molecule has 2 aromatic rings. The van der Waals surface area contributed by atoms with Gasteiger partial charge in [0, 0.05) is 27.8 Å². The Bertz CT molecular complexity index is 625. The molecular weight excluding hydrogens is 302 g/mol. The third kappa shape index (κ3) is 5.10. The van der Waals surface area contributed by atoms with Crippen molar-refractivity contribution >= 4 is 35.0 Å². The minimum atomic E-state index is 0.0278. The molecule has 0 aliphatic rings. The molecule has 0 heterocycles. The summed E-state index contributed by atoms with van der Waals surface area (Å²) >= 11 is 7.59. The summed E-state index contributed by atoms with van der Waals surface area (Å²) in [5, 5.41) is 3.60. The van der Waals surface area contributed by atoms with Gasteiger partial charge in [0.2, 0.25) is 5.91 Å². The molecule has 0 saturated carbocycles. The van der Waals surface area contributed by atoms with Crippen LogP contribution in [0.15, 0.2) is 47.4 Å². The van der Waals surface area contributed by atoms with E-state index in [0.717, 1.165) is 17.0 Å². The van der Waals surface area contributed by atoms with E-state index < -0.39 is 0 Å². The van der Waals surface area contributed by atoms with Gasteiger partial charge in [-0.05, 0) is 49.7 Å². The van der Waals surface area contributed by atoms with E-state index in [0.29, 0.717) is 11.4 Å². The fourth-order valence-electron chi connectivity index (χ4n) is 1.88. The predicted molar refractivity (Wildman–Crippen MR) is 91.3 cm³/mol. The summed E-state index contributed by atoms with van der Waals surface area (Å²) < 4.78 is 0. The van der Waals surface area contributed by atoms with Gasteiger partial charge in [0.05, 0.1) is 0 Å². The van der Waals surface area contributed by atoms with E-state index in [-0.39, 0.29) is 5.91 Å². The number of carbonyl (C=O) groups is 1. The molecule has 110 valence electrons. The first-order valence-electron chi connectivity index (χ1n) is 6.80. The van der Waals surface area contributed by atoms with Gasteiger partial charge in [-0.25, -0.2) is 0 Å². The quantitative estimate of drug-likeness (QED) is 0.779. The minimum absolute atomic E-state index is 0.0278. The SMILES string of the molecule is Cc1ccc(SCCC(=O)Nc2ccc(Cl)cc2C)cc1. The summed E-state index contributed by atoms with van der Waals surface area (Å²) in [5.41, 5.74) is 3.04. The van der Waals surface area contributed by atoms with Crippen molar-refractivity contribution in [2.24, 2.45) is 0 Å². The highest BCUT2D eigenvalue weighted by Crippen LogP contribution is 2.21. The van der Waals surface area contributed by atoms with Crippen LogP contribution in [0.5, 0.6) is 0 Å². The second-order valence-corrected chi connectivity index (χ2v) is 6.52. The smallest absolute Gasteiger partial charge is 0.225 e. The highest BCUT2D eigenvalue weighted by molar-refractivity contribution is 7.99. The third-order valence-electron chi connectivity index (χ3n) is 3.08. The fraction of sp³-hybridized carbons (Fsp3) is 0.235. The summed E-state index contributed by atoms with van der Waals surface area (Å²) in [4.78, 5) is 13.1. The second kappa shape index (κ2) is 7.53. The molecule has 21 heavy (non-hydrogen) atoms. The van der Waals surface area contributed by atoms with Crippen LogP contribution in [0.1, 0.15) is 17.5 Å². The molecule has 2 rings (SSSR count). The lowest BCUT2D eigenvalue weighted by atomic mass is 10.2. The molecule has 0 bridgehead atoms. The van der Waals surface area contributed by atoms with Crippen molar-refractivity contribution in [1.82, 2.24) is 0 Å². The normalized spacial score (nSPS) is 10.4. The number of nitrogens with one attached hydrogen (secondary N) is 1. The number of thioether (sulfide) groups is 1. The molecule has 2 nitrogen and oxygen atoms in total. The maximum atomic E-state index is 11.9. The first-order chi connectivity index (χ1) is 10.0. The van der Waals surface area contributed by atoms with Crippen molar-refractivity contribution in [3.63, 3.8) is 0 Å². The van der Waals surface area contributed by atoms with Crippen LogP contribution < -0.4 is 5.32 Å². The number of benzene rings is 2. The molecule has 0 aromatic heterocycles. The zero-order valence-electron chi connectivity index (χ0n) is 12.2. The van der Waals surface area contributed by atoms with Gasteiger partial charge in [0.1, 0.15) is 0 Å². The molecule has 0 radical (unpaired) electrons. The number of rotatable bonds is 5. The Morgan fingerprint density at radius 2 is 1.86 bits per heavy atom. The van der Waals surface area contributed by atoms with Crippen LogP contribution >= 0.6 is 23.4 Å². The Morgan fingerprint density at radius 1 is 1.14 bits per heavy atom. The topological polar surface area (TPSA) is 29.1 Å². The summed E-state index contributed by atoms with van der Waals surface area (Å²) in [6.07, 6.45) is 0.487. The average molecular weight is 320 g/mol. The van der Waals surface area contributed by atoms with E-state index >= 15 is 0 Å². The second-order valence-electron chi connectivity index (χ2n) is 4.92. The number of amides is 1. The number of aryl methyl sites for hydroxylation is 2. The molecule has 0 unspecified atom stereocenters. The summed E-state index contributed by atoms with van der Waals surface area (Å²) in [5.74, 6) is 0.793. The Balaban J connectivity index is 1.81. The van der Waals surface area contributed by atoms with Crippen molar-refractivity contribution in [3.8, 4) is 0 Å². The molecule has 4 heteroatoms. The van der Waals surface area contributed by atoms with Crippen LogP contribution in [0.4, 0.5) is 5.69 Å². The van der Waals surface area contributed by atoms with Crippen LogP contribution in [0, 0.1) is 13.8 Å². The van der Waals surface area contributed by atoms with Gasteiger partial charge >= 0.3 is 0 Å². The lowest BCUT2D eigenvalue weighted by Crippen LogP contribution is -2.13. The van der Waals surface area contributed by atoms with Crippen molar-refractivity contribution in [2.45, 2.75) is 25.2 Å². The number of hydrogen-bond acceptors (Lipinski definition) is 2. The number of hydrogen-bond donors (Lipinski definition) is 1. The summed E-state index contributed by atoms with van der Waals surface area (Å²) in [6.45, 7) is 4.00. The number of anilines is 1.